The van der Waals surface area contributed by atoms with E-state index in [0.29, 0.717) is 11.3 Å². The molecule has 0 aromatic heterocycles. The molecule has 1 atom stereocenters. The summed E-state index contributed by atoms with van der Waals surface area (Å²) in [7, 11) is 0. The van der Waals surface area contributed by atoms with Crippen molar-refractivity contribution >= 4 is 28.6 Å². The van der Waals surface area contributed by atoms with Gasteiger partial charge in [0.2, 0.25) is 0 Å². The number of nitriles is 1. The Morgan fingerprint density at radius 3 is 2.60 bits per heavy atom. The number of hydrogen-bond donors (Lipinski definition) is 1. The first-order valence-corrected chi connectivity index (χ1v) is 5.39. The quantitative estimate of drug-likeness (QED) is 0.682. The lowest BCUT2D eigenvalue weighted by Crippen LogP contribution is -2.13. The van der Waals surface area contributed by atoms with E-state index in [-0.39, 0.29) is 6.42 Å². The third kappa shape index (κ3) is 4.16. The third-order valence-electron chi connectivity index (χ3n) is 1.58. The van der Waals surface area contributed by atoms with Crippen LogP contribution in [0.3, 0.4) is 0 Å². The monoisotopic (exact) mass is 317 g/mol. The Morgan fingerprint density at radius 2 is 2.13 bits per heavy atom. The SMILES string of the molecule is N#Cc1ccc(OC(I)CC(=O)O)cc1. The topological polar surface area (TPSA) is 70.3 Å². The summed E-state index contributed by atoms with van der Waals surface area (Å²) in [6.07, 6.45) is -0.0550. The number of benzene rings is 1. The van der Waals surface area contributed by atoms with Gasteiger partial charge in [-0.05, 0) is 46.9 Å². The van der Waals surface area contributed by atoms with E-state index in [9.17, 15) is 4.79 Å². The van der Waals surface area contributed by atoms with Gasteiger partial charge in [-0.3, -0.25) is 4.79 Å². The standard InChI is InChI=1S/C10H8INO3/c11-9(5-10(13)14)15-8-3-1-7(6-12)2-4-8/h1-4,9H,5H2,(H,13,14). The van der Waals surface area contributed by atoms with Crippen LogP contribution in [0.15, 0.2) is 24.3 Å². The molecule has 0 amide bonds. The molecule has 1 aromatic carbocycles. The van der Waals surface area contributed by atoms with Crippen molar-refractivity contribution in [2.75, 3.05) is 0 Å². The Balaban J connectivity index is 2.58. The van der Waals surface area contributed by atoms with Gasteiger partial charge in [0, 0.05) is 0 Å². The highest BCUT2D eigenvalue weighted by molar-refractivity contribution is 14.1. The van der Waals surface area contributed by atoms with Gasteiger partial charge in [-0.2, -0.15) is 5.26 Å². The summed E-state index contributed by atoms with van der Waals surface area (Å²) in [6, 6.07) is 8.53. The summed E-state index contributed by atoms with van der Waals surface area (Å²) in [5, 5.41) is 17.1. The summed E-state index contributed by atoms with van der Waals surface area (Å²) in [5.74, 6) is -0.335. The number of halogens is 1. The van der Waals surface area contributed by atoms with Gasteiger partial charge in [0.15, 0.2) is 4.11 Å². The molecule has 1 unspecified atom stereocenters. The molecule has 1 N–H and O–H groups in total. The second-order valence-corrected chi connectivity index (χ2v) is 4.15. The van der Waals surface area contributed by atoms with Crippen LogP contribution in [-0.4, -0.2) is 15.2 Å². The third-order valence-corrected chi connectivity index (χ3v) is 2.28. The van der Waals surface area contributed by atoms with Crippen LogP contribution in [0.4, 0.5) is 0 Å². The fourth-order valence-corrected chi connectivity index (χ4v) is 1.60. The van der Waals surface area contributed by atoms with Crippen molar-refractivity contribution in [3.63, 3.8) is 0 Å². The van der Waals surface area contributed by atoms with Crippen molar-refractivity contribution in [3.8, 4) is 11.8 Å². The van der Waals surface area contributed by atoms with Crippen LogP contribution >= 0.6 is 22.6 Å². The highest BCUT2D eigenvalue weighted by atomic mass is 127. The molecule has 0 saturated heterocycles. The smallest absolute Gasteiger partial charge is 0.307 e. The molecule has 4 nitrogen and oxygen atoms in total. The predicted molar refractivity (Wildman–Crippen MR) is 61.8 cm³/mol. The molecule has 1 aromatic rings. The fraction of sp³-hybridized carbons (Fsp3) is 0.200. The number of carbonyl (C=O) groups is 1. The van der Waals surface area contributed by atoms with E-state index in [1.54, 1.807) is 24.3 Å². The highest BCUT2D eigenvalue weighted by Gasteiger charge is 2.10. The van der Waals surface area contributed by atoms with Gasteiger partial charge in [-0.25, -0.2) is 0 Å². The number of ether oxygens (including phenoxy) is 1. The molecule has 0 aliphatic rings. The Labute approximate surface area is 101 Å². The average molecular weight is 317 g/mol. The lowest BCUT2D eigenvalue weighted by molar-refractivity contribution is -0.137. The largest absolute Gasteiger partial charge is 0.481 e. The number of hydrogen-bond acceptors (Lipinski definition) is 3. The van der Waals surface area contributed by atoms with E-state index in [1.807, 2.05) is 28.7 Å². The van der Waals surface area contributed by atoms with E-state index in [4.69, 9.17) is 15.1 Å². The summed E-state index contributed by atoms with van der Waals surface area (Å²) in [6.45, 7) is 0. The second-order valence-electron chi connectivity index (χ2n) is 2.76. The van der Waals surface area contributed by atoms with E-state index >= 15 is 0 Å². The molecular weight excluding hydrogens is 309 g/mol. The maximum absolute atomic E-state index is 10.4. The molecule has 78 valence electrons. The lowest BCUT2D eigenvalue weighted by atomic mass is 10.2. The molecule has 0 radical (unpaired) electrons. The normalized spacial score (nSPS) is 11.5. The maximum Gasteiger partial charge on any atom is 0.307 e. The van der Waals surface area contributed by atoms with E-state index < -0.39 is 10.1 Å². The van der Waals surface area contributed by atoms with Crippen molar-refractivity contribution in [1.29, 1.82) is 5.26 Å². The summed E-state index contributed by atoms with van der Waals surface area (Å²) >= 11 is 1.91. The van der Waals surface area contributed by atoms with E-state index in [1.165, 1.54) is 0 Å². The summed E-state index contributed by atoms with van der Waals surface area (Å²) in [5.41, 5.74) is 0.547. The van der Waals surface area contributed by atoms with Gasteiger partial charge in [-0.1, -0.05) is 0 Å². The fourth-order valence-electron chi connectivity index (χ4n) is 0.935. The Kier molecular flexibility index (Phi) is 4.37. The van der Waals surface area contributed by atoms with Gasteiger partial charge in [-0.15, -0.1) is 0 Å². The number of nitrogens with zero attached hydrogens (tertiary/aromatic N) is 1. The Bertz CT molecular complexity index is 383. The van der Waals surface area contributed by atoms with Crippen molar-refractivity contribution in [1.82, 2.24) is 0 Å². The van der Waals surface area contributed by atoms with Gasteiger partial charge in [0.25, 0.3) is 0 Å². The van der Waals surface area contributed by atoms with Gasteiger partial charge < -0.3 is 9.84 Å². The first-order chi connectivity index (χ1) is 7.11. The Hall–Kier alpha value is -1.29. The zero-order chi connectivity index (χ0) is 11.3. The van der Waals surface area contributed by atoms with Crippen LogP contribution in [-0.2, 0) is 4.79 Å². The molecule has 15 heavy (non-hydrogen) atoms. The van der Waals surface area contributed by atoms with Gasteiger partial charge in [0.1, 0.15) is 5.75 Å². The minimum Gasteiger partial charge on any atom is -0.481 e. The van der Waals surface area contributed by atoms with Crippen LogP contribution in [0.1, 0.15) is 12.0 Å². The molecule has 0 spiro atoms. The first-order valence-electron chi connectivity index (χ1n) is 4.14. The molecule has 0 bridgehead atoms. The minimum atomic E-state index is -0.900. The molecule has 0 fully saturated rings. The second kappa shape index (κ2) is 5.56. The predicted octanol–water partition coefficient (Wildman–Crippen LogP) is 2.17. The lowest BCUT2D eigenvalue weighted by Gasteiger charge is -2.10. The average Bonchev–Trinajstić information content (AvgIpc) is 2.17. The number of rotatable bonds is 4. The number of carboxylic acid groups (broad SMARTS) is 1. The van der Waals surface area contributed by atoms with Crippen LogP contribution in [0.25, 0.3) is 0 Å². The van der Waals surface area contributed by atoms with Crippen molar-refractivity contribution in [2.45, 2.75) is 10.5 Å². The van der Waals surface area contributed by atoms with E-state index in [0.717, 1.165) is 0 Å². The number of alkyl halides is 1. The Morgan fingerprint density at radius 1 is 1.53 bits per heavy atom. The molecule has 5 heteroatoms. The number of aliphatic carboxylic acids is 1. The summed E-state index contributed by atoms with van der Waals surface area (Å²) in [4.78, 5) is 10.4. The van der Waals surface area contributed by atoms with Crippen LogP contribution < -0.4 is 4.74 Å². The first kappa shape index (κ1) is 11.8. The van der Waals surface area contributed by atoms with Crippen LogP contribution in [0, 0.1) is 11.3 Å². The number of carboxylic acids is 1. The highest BCUT2D eigenvalue weighted by Crippen LogP contribution is 2.17. The molecule has 0 saturated carbocycles. The molecule has 0 heterocycles. The van der Waals surface area contributed by atoms with Crippen LogP contribution in [0.5, 0.6) is 5.75 Å². The zero-order valence-corrected chi connectivity index (χ0v) is 9.84. The molecule has 1 rings (SSSR count). The van der Waals surface area contributed by atoms with Gasteiger partial charge >= 0.3 is 5.97 Å². The van der Waals surface area contributed by atoms with Gasteiger partial charge in [0.05, 0.1) is 18.1 Å². The summed E-state index contributed by atoms with van der Waals surface area (Å²) < 4.78 is 4.91. The molecule has 0 aliphatic heterocycles. The van der Waals surface area contributed by atoms with Crippen molar-refractivity contribution < 1.29 is 14.6 Å². The van der Waals surface area contributed by atoms with Crippen molar-refractivity contribution in [3.05, 3.63) is 29.8 Å². The maximum atomic E-state index is 10.4. The van der Waals surface area contributed by atoms with Crippen LogP contribution in [0.2, 0.25) is 0 Å². The van der Waals surface area contributed by atoms with E-state index in [2.05, 4.69) is 0 Å². The minimum absolute atomic E-state index is 0.0550. The molecular formula is C10H8INO3. The zero-order valence-electron chi connectivity index (χ0n) is 7.68. The van der Waals surface area contributed by atoms with Crippen molar-refractivity contribution in [2.24, 2.45) is 0 Å². The molecule has 0 aliphatic carbocycles.